The molecule has 0 bridgehead atoms. The van der Waals surface area contributed by atoms with Gasteiger partial charge >= 0.3 is 0 Å². The Labute approximate surface area is 125 Å². The van der Waals surface area contributed by atoms with Gasteiger partial charge in [0, 0.05) is 26.4 Å². The summed E-state index contributed by atoms with van der Waals surface area (Å²) in [6, 6.07) is 6.02. The Morgan fingerprint density at radius 3 is 2.48 bits per heavy atom. The lowest BCUT2D eigenvalue weighted by atomic mass is 10.1. The maximum atomic E-state index is 13.4. The molecule has 1 aromatic rings. The maximum Gasteiger partial charge on any atom is 0.226 e. The van der Waals surface area contributed by atoms with E-state index >= 15 is 0 Å². The van der Waals surface area contributed by atoms with Crippen molar-refractivity contribution in [1.29, 1.82) is 0 Å². The summed E-state index contributed by atoms with van der Waals surface area (Å²) in [5, 5.41) is 2.52. The molecule has 4 nitrogen and oxygen atoms in total. The molecule has 0 saturated carbocycles. The number of hydrogen-bond donors (Lipinski definition) is 1. The molecule has 116 valence electrons. The second-order valence-corrected chi connectivity index (χ2v) is 5.47. The van der Waals surface area contributed by atoms with Crippen LogP contribution in [0.2, 0.25) is 0 Å². The monoisotopic (exact) mass is 294 g/mol. The minimum Gasteiger partial charge on any atom is -0.342 e. The molecule has 1 rings (SSSR count). The molecule has 0 atom stereocenters. The zero-order chi connectivity index (χ0) is 15.8. The zero-order valence-corrected chi connectivity index (χ0v) is 12.9. The van der Waals surface area contributed by atoms with E-state index in [4.69, 9.17) is 0 Å². The van der Waals surface area contributed by atoms with Gasteiger partial charge in [-0.25, -0.2) is 4.39 Å². The number of nitrogens with one attached hydrogen (secondary N) is 1. The smallest absolute Gasteiger partial charge is 0.226 e. The Morgan fingerprint density at radius 2 is 1.90 bits per heavy atom. The molecule has 0 unspecified atom stereocenters. The highest BCUT2D eigenvalue weighted by atomic mass is 19.1. The minimum absolute atomic E-state index is 0.0469. The van der Waals surface area contributed by atoms with Crippen molar-refractivity contribution in [2.24, 2.45) is 5.92 Å². The first-order valence-corrected chi connectivity index (χ1v) is 7.20. The lowest BCUT2D eigenvalue weighted by Gasteiger charge is -2.21. The molecule has 21 heavy (non-hydrogen) atoms. The van der Waals surface area contributed by atoms with Crippen molar-refractivity contribution in [3.05, 3.63) is 30.1 Å². The Balaban J connectivity index is 2.46. The molecule has 0 aliphatic rings. The number of rotatable bonds is 7. The lowest BCUT2D eigenvalue weighted by molar-refractivity contribution is -0.129. The number of nitrogens with zero attached hydrogens (tertiary/aromatic N) is 1. The van der Waals surface area contributed by atoms with Gasteiger partial charge in [0.2, 0.25) is 11.8 Å². The van der Waals surface area contributed by atoms with Gasteiger partial charge in [-0.15, -0.1) is 0 Å². The highest BCUT2D eigenvalue weighted by molar-refractivity contribution is 5.91. The molecule has 0 aliphatic heterocycles. The average Bonchev–Trinajstić information content (AvgIpc) is 2.40. The maximum absolute atomic E-state index is 13.4. The molecule has 0 spiro atoms. The molecule has 0 saturated heterocycles. The number of amides is 2. The first-order chi connectivity index (χ1) is 9.90. The van der Waals surface area contributed by atoms with Crippen LogP contribution in [0.4, 0.5) is 10.1 Å². The van der Waals surface area contributed by atoms with Gasteiger partial charge in [0.25, 0.3) is 0 Å². The van der Waals surface area contributed by atoms with E-state index in [1.54, 1.807) is 17.0 Å². The summed E-state index contributed by atoms with van der Waals surface area (Å²) in [5.41, 5.74) is 0.166. The van der Waals surface area contributed by atoms with Crippen LogP contribution in [0.5, 0.6) is 0 Å². The number of hydrogen-bond acceptors (Lipinski definition) is 2. The predicted molar refractivity (Wildman–Crippen MR) is 81.4 cm³/mol. The van der Waals surface area contributed by atoms with Crippen LogP contribution in [0.3, 0.4) is 0 Å². The Morgan fingerprint density at radius 1 is 1.24 bits per heavy atom. The third-order valence-corrected chi connectivity index (χ3v) is 3.18. The normalized spacial score (nSPS) is 10.5. The van der Waals surface area contributed by atoms with Crippen LogP contribution >= 0.6 is 0 Å². The average molecular weight is 294 g/mol. The van der Waals surface area contributed by atoms with Crippen LogP contribution < -0.4 is 5.32 Å². The molecule has 0 aromatic heterocycles. The summed E-state index contributed by atoms with van der Waals surface area (Å²) in [7, 11) is 0. The summed E-state index contributed by atoms with van der Waals surface area (Å²) < 4.78 is 13.4. The van der Waals surface area contributed by atoms with Crippen molar-refractivity contribution >= 4 is 17.5 Å². The van der Waals surface area contributed by atoms with Crippen LogP contribution in [-0.4, -0.2) is 29.8 Å². The topological polar surface area (TPSA) is 49.4 Å². The number of para-hydroxylation sites is 1. The van der Waals surface area contributed by atoms with E-state index in [9.17, 15) is 14.0 Å². The van der Waals surface area contributed by atoms with Gasteiger partial charge < -0.3 is 10.2 Å². The number of anilines is 1. The first kappa shape index (κ1) is 17.1. The van der Waals surface area contributed by atoms with Gasteiger partial charge in [-0.3, -0.25) is 9.59 Å². The third kappa shape index (κ3) is 6.38. The SMILES string of the molecule is CC(=O)N(CCC(=O)Nc1ccccc1F)CCC(C)C. The second kappa shape index (κ2) is 8.39. The number of benzene rings is 1. The van der Waals surface area contributed by atoms with Crippen LogP contribution in [0.25, 0.3) is 0 Å². The van der Waals surface area contributed by atoms with Crippen molar-refractivity contribution in [2.75, 3.05) is 18.4 Å². The minimum atomic E-state index is -0.464. The summed E-state index contributed by atoms with van der Waals surface area (Å²) in [6.45, 7) is 6.66. The zero-order valence-electron chi connectivity index (χ0n) is 12.9. The second-order valence-electron chi connectivity index (χ2n) is 5.47. The molecule has 0 fully saturated rings. The van der Waals surface area contributed by atoms with Crippen LogP contribution in [0.15, 0.2) is 24.3 Å². The van der Waals surface area contributed by atoms with Crippen LogP contribution in [0.1, 0.15) is 33.6 Å². The van der Waals surface area contributed by atoms with Gasteiger partial charge in [-0.2, -0.15) is 0 Å². The van der Waals surface area contributed by atoms with E-state index in [1.165, 1.54) is 19.1 Å². The fraction of sp³-hybridized carbons (Fsp3) is 0.500. The van der Waals surface area contributed by atoms with Gasteiger partial charge in [0.1, 0.15) is 5.82 Å². The van der Waals surface area contributed by atoms with Crippen LogP contribution in [0, 0.1) is 11.7 Å². The molecule has 5 heteroatoms. The molecule has 0 radical (unpaired) electrons. The number of carbonyl (C=O) groups is 2. The standard InChI is InChI=1S/C16H23FN2O2/c1-12(2)8-10-19(13(3)20)11-9-16(21)18-15-7-5-4-6-14(15)17/h4-7,12H,8-11H2,1-3H3,(H,18,21). The molecular formula is C16H23FN2O2. The molecular weight excluding hydrogens is 271 g/mol. The molecule has 2 amide bonds. The van der Waals surface area contributed by atoms with Crippen molar-refractivity contribution < 1.29 is 14.0 Å². The third-order valence-electron chi connectivity index (χ3n) is 3.18. The van der Waals surface area contributed by atoms with Gasteiger partial charge in [-0.1, -0.05) is 26.0 Å². The molecule has 0 aliphatic carbocycles. The summed E-state index contributed by atoms with van der Waals surface area (Å²) >= 11 is 0. The highest BCUT2D eigenvalue weighted by Gasteiger charge is 2.12. The van der Waals surface area contributed by atoms with Crippen molar-refractivity contribution in [2.45, 2.75) is 33.6 Å². The van der Waals surface area contributed by atoms with E-state index < -0.39 is 5.82 Å². The summed E-state index contributed by atoms with van der Waals surface area (Å²) in [4.78, 5) is 25.0. The predicted octanol–water partition coefficient (Wildman–Crippen LogP) is 3.05. The van der Waals surface area contributed by atoms with E-state index in [0.29, 0.717) is 19.0 Å². The van der Waals surface area contributed by atoms with Crippen LogP contribution in [-0.2, 0) is 9.59 Å². The van der Waals surface area contributed by atoms with Gasteiger partial charge in [0.05, 0.1) is 5.69 Å². The first-order valence-electron chi connectivity index (χ1n) is 7.20. The number of halogens is 1. The van der Waals surface area contributed by atoms with Gasteiger partial charge in [0.15, 0.2) is 0 Å². The largest absolute Gasteiger partial charge is 0.342 e. The molecule has 0 heterocycles. The molecule has 1 N–H and O–H groups in total. The lowest BCUT2D eigenvalue weighted by Crippen LogP contribution is -2.33. The van der Waals surface area contributed by atoms with Gasteiger partial charge in [-0.05, 0) is 24.5 Å². The van der Waals surface area contributed by atoms with E-state index in [-0.39, 0.29) is 23.9 Å². The summed E-state index contributed by atoms with van der Waals surface area (Å²) in [5.74, 6) is -0.307. The number of carbonyl (C=O) groups excluding carboxylic acids is 2. The fourth-order valence-electron chi connectivity index (χ4n) is 1.85. The van der Waals surface area contributed by atoms with Crippen molar-refractivity contribution in [1.82, 2.24) is 4.90 Å². The van der Waals surface area contributed by atoms with E-state index in [2.05, 4.69) is 19.2 Å². The Hall–Kier alpha value is -1.91. The molecule has 1 aromatic carbocycles. The Bertz CT molecular complexity index is 489. The van der Waals surface area contributed by atoms with E-state index in [0.717, 1.165) is 6.42 Å². The van der Waals surface area contributed by atoms with Crippen molar-refractivity contribution in [3.63, 3.8) is 0 Å². The van der Waals surface area contributed by atoms with Crippen molar-refractivity contribution in [3.8, 4) is 0 Å². The highest BCUT2D eigenvalue weighted by Crippen LogP contribution is 2.12. The quantitative estimate of drug-likeness (QED) is 0.840. The summed E-state index contributed by atoms with van der Waals surface area (Å²) in [6.07, 6.45) is 1.06. The Kier molecular flexibility index (Phi) is 6.85. The van der Waals surface area contributed by atoms with E-state index in [1.807, 2.05) is 0 Å². The fourth-order valence-corrected chi connectivity index (χ4v) is 1.85.